The molecular formula is C26H30NO8-. The molecule has 0 bridgehead atoms. The molecule has 0 spiro atoms. The highest BCUT2D eigenvalue weighted by atomic mass is 16.8. The Bertz CT molecular complexity index is 972. The number of hydrogen-bond acceptors (Lipinski definition) is 8. The van der Waals surface area contributed by atoms with Crippen LogP contribution >= 0.6 is 0 Å². The van der Waals surface area contributed by atoms with Gasteiger partial charge in [-0.05, 0) is 18.9 Å². The summed E-state index contributed by atoms with van der Waals surface area (Å²) in [5.41, 5.74) is 1.89. The first-order valence-electron chi connectivity index (χ1n) is 11.7. The second-order valence-electron chi connectivity index (χ2n) is 8.61. The molecule has 2 fully saturated rings. The van der Waals surface area contributed by atoms with Gasteiger partial charge in [0, 0.05) is 12.5 Å². The van der Waals surface area contributed by atoms with Crippen LogP contribution in [0.25, 0.3) is 0 Å². The minimum absolute atomic E-state index is 0.176. The minimum atomic E-state index is -1.37. The van der Waals surface area contributed by atoms with Crippen LogP contribution in [0, 0.1) is 0 Å². The van der Waals surface area contributed by atoms with Gasteiger partial charge in [-0.3, -0.25) is 4.79 Å². The number of amides is 1. The number of nitrogens with one attached hydrogen (secondary N) is 1. The Morgan fingerprint density at radius 3 is 2.43 bits per heavy atom. The van der Waals surface area contributed by atoms with E-state index < -0.39 is 49.0 Å². The number of fused-ring (bicyclic) bond motifs is 1. The van der Waals surface area contributed by atoms with Crippen molar-refractivity contribution in [3.8, 4) is 0 Å². The molecular weight excluding hydrogens is 454 g/mol. The monoisotopic (exact) mass is 484 g/mol. The van der Waals surface area contributed by atoms with Gasteiger partial charge in [0.1, 0.15) is 24.4 Å². The Hall–Kier alpha value is -2.82. The minimum Gasteiger partial charge on any atom is -0.547 e. The maximum atomic E-state index is 12.1. The van der Waals surface area contributed by atoms with Crippen molar-refractivity contribution < 1.29 is 38.4 Å². The fourth-order valence-corrected chi connectivity index (χ4v) is 4.27. The van der Waals surface area contributed by atoms with Gasteiger partial charge >= 0.3 is 0 Å². The fourth-order valence-electron chi connectivity index (χ4n) is 4.27. The topological polar surface area (TPSA) is 115 Å². The van der Waals surface area contributed by atoms with Crippen LogP contribution in [0.15, 0.2) is 60.7 Å². The molecule has 0 aliphatic carbocycles. The molecule has 0 unspecified atom stereocenters. The zero-order valence-corrected chi connectivity index (χ0v) is 19.7. The van der Waals surface area contributed by atoms with E-state index in [1.54, 1.807) is 0 Å². The second-order valence-corrected chi connectivity index (χ2v) is 8.61. The molecule has 2 aliphatic rings. The number of aliphatic carboxylic acids is 1. The highest BCUT2D eigenvalue weighted by molar-refractivity contribution is 5.73. The van der Waals surface area contributed by atoms with E-state index in [0.717, 1.165) is 11.1 Å². The van der Waals surface area contributed by atoms with Gasteiger partial charge in [0.25, 0.3) is 0 Å². The second kappa shape index (κ2) is 11.7. The van der Waals surface area contributed by atoms with Gasteiger partial charge in [0.05, 0.1) is 25.3 Å². The first kappa shape index (κ1) is 25.3. The predicted octanol–water partition coefficient (Wildman–Crippen LogP) is 1.11. The molecule has 2 saturated heterocycles. The van der Waals surface area contributed by atoms with Crippen molar-refractivity contribution in [1.29, 1.82) is 0 Å². The molecule has 2 aromatic rings. The van der Waals surface area contributed by atoms with Crippen molar-refractivity contribution in [3.05, 3.63) is 71.8 Å². The molecule has 2 aliphatic heterocycles. The smallest absolute Gasteiger partial charge is 0.217 e. The third-order valence-electron chi connectivity index (χ3n) is 5.99. The quantitative estimate of drug-likeness (QED) is 0.563. The standard InChI is InChI=1S/C26H31NO8/c1-16(24(29)30)33-23-21(27-17(2)28)26(31-14-13-18-9-5-3-6-10-18)34-20-15-32-25(35-22(20)23)19-11-7-4-8-12-19/h3-12,16,20-23,25-26H,13-15H2,1-2H3,(H,27,28)(H,29,30)/p-1/t16-,20-,21-,22-,23-,25+,26+/m0/s1. The number of carbonyl (C=O) groups is 2. The van der Waals surface area contributed by atoms with Crippen LogP contribution in [-0.4, -0.2) is 61.8 Å². The SMILES string of the molecule is CC(=O)N[C@@H]1[C@H](OCCc2ccccc2)O[C@H]2CO[C@@H](c3ccccc3)O[C@@H]2[C@H]1O[C@@H](C)C(=O)[O-]. The molecule has 188 valence electrons. The van der Waals surface area contributed by atoms with Crippen molar-refractivity contribution in [1.82, 2.24) is 5.32 Å². The summed E-state index contributed by atoms with van der Waals surface area (Å²) in [5.74, 6) is -1.71. The Kier molecular flexibility index (Phi) is 8.48. The average molecular weight is 485 g/mol. The molecule has 2 aromatic carbocycles. The molecule has 9 heteroatoms. The lowest BCUT2D eigenvalue weighted by atomic mass is 9.95. The van der Waals surface area contributed by atoms with Gasteiger partial charge < -0.3 is 38.9 Å². The van der Waals surface area contributed by atoms with Crippen LogP contribution < -0.4 is 10.4 Å². The molecule has 2 heterocycles. The molecule has 1 N–H and O–H groups in total. The number of ether oxygens (including phenoxy) is 5. The van der Waals surface area contributed by atoms with Crippen molar-refractivity contribution >= 4 is 11.9 Å². The fraction of sp³-hybridized carbons (Fsp3) is 0.462. The summed E-state index contributed by atoms with van der Waals surface area (Å²) in [5, 5.41) is 14.3. The van der Waals surface area contributed by atoms with Crippen LogP contribution in [0.1, 0.15) is 31.3 Å². The summed E-state index contributed by atoms with van der Waals surface area (Å²) in [4.78, 5) is 23.6. The van der Waals surface area contributed by atoms with Gasteiger partial charge in [0.2, 0.25) is 5.91 Å². The zero-order valence-electron chi connectivity index (χ0n) is 19.7. The Morgan fingerprint density at radius 2 is 1.77 bits per heavy atom. The largest absolute Gasteiger partial charge is 0.547 e. The average Bonchev–Trinajstić information content (AvgIpc) is 2.86. The van der Waals surface area contributed by atoms with E-state index in [1.807, 2.05) is 60.7 Å². The van der Waals surface area contributed by atoms with Crippen LogP contribution in [-0.2, 0) is 39.7 Å². The molecule has 1 amide bonds. The van der Waals surface area contributed by atoms with Crippen molar-refractivity contribution in [2.75, 3.05) is 13.2 Å². The van der Waals surface area contributed by atoms with Gasteiger partial charge in [-0.15, -0.1) is 0 Å². The third-order valence-corrected chi connectivity index (χ3v) is 5.99. The van der Waals surface area contributed by atoms with Crippen LogP contribution in [0.5, 0.6) is 0 Å². The summed E-state index contributed by atoms with van der Waals surface area (Å²) in [7, 11) is 0. The normalized spacial score (nSPS) is 29.1. The van der Waals surface area contributed by atoms with Crippen LogP contribution in [0.3, 0.4) is 0 Å². The van der Waals surface area contributed by atoms with E-state index in [0.29, 0.717) is 13.0 Å². The molecule has 9 nitrogen and oxygen atoms in total. The zero-order chi connectivity index (χ0) is 24.8. The maximum absolute atomic E-state index is 12.1. The lowest BCUT2D eigenvalue weighted by Gasteiger charge is -2.49. The number of carbonyl (C=O) groups excluding carboxylic acids is 2. The predicted molar refractivity (Wildman–Crippen MR) is 122 cm³/mol. The lowest BCUT2D eigenvalue weighted by Crippen LogP contribution is -2.68. The Balaban J connectivity index is 1.55. The Morgan fingerprint density at radius 1 is 1.09 bits per heavy atom. The summed E-state index contributed by atoms with van der Waals surface area (Å²) in [6.45, 7) is 3.24. The first-order chi connectivity index (χ1) is 16.9. The number of carboxylic acid groups (broad SMARTS) is 1. The number of benzene rings is 2. The van der Waals surface area contributed by atoms with Gasteiger partial charge in [0.15, 0.2) is 12.6 Å². The Labute approximate surface area is 204 Å². The van der Waals surface area contributed by atoms with Gasteiger partial charge in [-0.25, -0.2) is 0 Å². The number of rotatable bonds is 9. The highest BCUT2D eigenvalue weighted by Crippen LogP contribution is 2.36. The highest BCUT2D eigenvalue weighted by Gasteiger charge is 2.52. The van der Waals surface area contributed by atoms with E-state index in [9.17, 15) is 14.7 Å². The number of hydrogen-bond donors (Lipinski definition) is 1. The summed E-state index contributed by atoms with van der Waals surface area (Å²) < 4.78 is 30.2. The molecule has 0 radical (unpaired) electrons. The first-order valence-corrected chi connectivity index (χ1v) is 11.7. The molecule has 0 saturated carbocycles. The van der Waals surface area contributed by atoms with E-state index in [4.69, 9.17) is 23.7 Å². The molecule has 35 heavy (non-hydrogen) atoms. The number of carboxylic acids is 1. The molecule has 7 atom stereocenters. The van der Waals surface area contributed by atoms with Gasteiger partial charge in [-0.1, -0.05) is 60.7 Å². The van der Waals surface area contributed by atoms with Crippen LogP contribution in [0.4, 0.5) is 0 Å². The van der Waals surface area contributed by atoms with Crippen LogP contribution in [0.2, 0.25) is 0 Å². The van der Waals surface area contributed by atoms with E-state index in [-0.39, 0.29) is 12.5 Å². The third kappa shape index (κ3) is 6.45. The summed E-state index contributed by atoms with van der Waals surface area (Å²) in [6, 6.07) is 18.4. The maximum Gasteiger partial charge on any atom is 0.217 e. The van der Waals surface area contributed by atoms with E-state index in [2.05, 4.69) is 5.32 Å². The van der Waals surface area contributed by atoms with E-state index >= 15 is 0 Å². The van der Waals surface area contributed by atoms with Crippen molar-refractivity contribution in [2.45, 2.75) is 63.3 Å². The summed E-state index contributed by atoms with van der Waals surface area (Å²) in [6.07, 6.45) is -4.42. The van der Waals surface area contributed by atoms with E-state index in [1.165, 1.54) is 13.8 Å². The summed E-state index contributed by atoms with van der Waals surface area (Å²) >= 11 is 0. The van der Waals surface area contributed by atoms with Gasteiger partial charge in [-0.2, -0.15) is 0 Å². The van der Waals surface area contributed by atoms with Crippen molar-refractivity contribution in [3.63, 3.8) is 0 Å². The molecule has 4 rings (SSSR count). The van der Waals surface area contributed by atoms with Crippen molar-refractivity contribution in [2.24, 2.45) is 0 Å². The lowest BCUT2D eigenvalue weighted by molar-refractivity contribution is -0.357. The molecule has 0 aromatic heterocycles.